The zero-order valence-corrected chi connectivity index (χ0v) is 10.4. The predicted octanol–water partition coefficient (Wildman–Crippen LogP) is 1.89. The number of nitrogens with one attached hydrogen (secondary N) is 2. The molecule has 0 saturated carbocycles. The Morgan fingerprint density at radius 3 is 2.89 bits per heavy atom. The molecule has 19 heavy (non-hydrogen) atoms. The summed E-state index contributed by atoms with van der Waals surface area (Å²) in [5.41, 5.74) is 8.23. The first-order valence-electron chi connectivity index (χ1n) is 6.02. The number of pyridine rings is 1. The van der Waals surface area contributed by atoms with Crippen LogP contribution in [0.4, 0.5) is 16.2 Å². The van der Waals surface area contributed by atoms with Crippen LogP contribution in [0.5, 0.6) is 0 Å². The maximum absolute atomic E-state index is 10.3. The van der Waals surface area contributed by atoms with Gasteiger partial charge in [0, 0.05) is 18.5 Å². The van der Waals surface area contributed by atoms with Crippen molar-refractivity contribution in [3.63, 3.8) is 0 Å². The summed E-state index contributed by atoms with van der Waals surface area (Å²) in [5.74, 6) is 0. The zero-order chi connectivity index (χ0) is 13.7. The van der Waals surface area contributed by atoms with Crippen molar-refractivity contribution in [3.8, 4) is 0 Å². The molecule has 2 aromatic rings. The smallest absolute Gasteiger partial charge is 0.404 e. The van der Waals surface area contributed by atoms with E-state index in [1.807, 2.05) is 24.3 Å². The molecule has 0 bridgehead atoms. The Hall–Kier alpha value is -2.50. The Morgan fingerprint density at radius 1 is 1.32 bits per heavy atom. The minimum atomic E-state index is -1.01. The highest BCUT2D eigenvalue weighted by Crippen LogP contribution is 2.27. The number of nitrogen functional groups attached to an aromatic ring is 1. The Kier molecular flexibility index (Phi) is 4.02. The van der Waals surface area contributed by atoms with Crippen LogP contribution in [-0.2, 0) is 0 Å². The normalized spacial score (nSPS) is 10.3. The van der Waals surface area contributed by atoms with E-state index >= 15 is 0 Å². The third-order valence-electron chi connectivity index (χ3n) is 2.74. The molecule has 0 atom stereocenters. The van der Waals surface area contributed by atoms with Crippen molar-refractivity contribution >= 4 is 28.4 Å². The number of hydrogen-bond donors (Lipinski definition) is 4. The number of amides is 1. The number of para-hydroxylation sites is 1. The van der Waals surface area contributed by atoms with Gasteiger partial charge in [-0.1, -0.05) is 18.2 Å². The topological polar surface area (TPSA) is 100 Å². The van der Waals surface area contributed by atoms with Crippen molar-refractivity contribution in [1.29, 1.82) is 0 Å². The lowest BCUT2D eigenvalue weighted by Crippen LogP contribution is -2.23. The Balaban J connectivity index is 2.03. The van der Waals surface area contributed by atoms with Crippen molar-refractivity contribution in [2.75, 3.05) is 24.1 Å². The van der Waals surface area contributed by atoms with Crippen LogP contribution in [0.3, 0.4) is 0 Å². The van der Waals surface area contributed by atoms with Crippen molar-refractivity contribution in [2.24, 2.45) is 0 Å². The average Bonchev–Trinajstić information content (AvgIpc) is 2.40. The monoisotopic (exact) mass is 260 g/mol. The fourth-order valence-electron chi connectivity index (χ4n) is 1.85. The molecule has 6 nitrogen and oxygen atoms in total. The van der Waals surface area contributed by atoms with E-state index < -0.39 is 6.09 Å². The molecule has 0 aliphatic heterocycles. The molecule has 0 aliphatic rings. The van der Waals surface area contributed by atoms with Gasteiger partial charge in [-0.25, -0.2) is 4.79 Å². The van der Waals surface area contributed by atoms with E-state index in [1.54, 1.807) is 6.20 Å². The number of rotatable bonds is 5. The van der Waals surface area contributed by atoms with Crippen LogP contribution >= 0.6 is 0 Å². The van der Waals surface area contributed by atoms with Crippen LogP contribution in [0.15, 0.2) is 30.5 Å². The van der Waals surface area contributed by atoms with E-state index in [2.05, 4.69) is 15.6 Å². The first kappa shape index (κ1) is 12.9. The quantitative estimate of drug-likeness (QED) is 0.615. The number of carbonyl (C=O) groups is 1. The van der Waals surface area contributed by atoms with Crippen LogP contribution in [0.2, 0.25) is 0 Å². The van der Waals surface area contributed by atoms with Gasteiger partial charge in [-0.15, -0.1) is 0 Å². The van der Waals surface area contributed by atoms with Crippen LogP contribution < -0.4 is 16.4 Å². The molecule has 1 aromatic carbocycles. The first-order chi connectivity index (χ1) is 9.18. The molecular formula is C13H16N4O2. The number of fused-ring (bicyclic) bond motifs is 1. The van der Waals surface area contributed by atoms with Gasteiger partial charge in [-0.3, -0.25) is 4.98 Å². The fourth-order valence-corrected chi connectivity index (χ4v) is 1.85. The second kappa shape index (κ2) is 5.90. The van der Waals surface area contributed by atoms with Gasteiger partial charge in [0.05, 0.1) is 23.1 Å². The highest BCUT2D eigenvalue weighted by molar-refractivity contribution is 5.96. The van der Waals surface area contributed by atoms with Crippen LogP contribution in [0, 0.1) is 0 Å². The molecule has 1 heterocycles. The molecule has 1 amide bonds. The minimum absolute atomic E-state index is 0.408. The van der Waals surface area contributed by atoms with E-state index in [0.717, 1.165) is 16.6 Å². The molecule has 0 spiro atoms. The summed E-state index contributed by atoms with van der Waals surface area (Å²) < 4.78 is 0. The summed E-state index contributed by atoms with van der Waals surface area (Å²) in [6.45, 7) is 1.05. The molecule has 0 radical (unpaired) electrons. The summed E-state index contributed by atoms with van der Waals surface area (Å²) >= 11 is 0. The van der Waals surface area contributed by atoms with Gasteiger partial charge < -0.3 is 21.5 Å². The molecule has 5 N–H and O–H groups in total. The molecule has 6 heteroatoms. The second-order valence-corrected chi connectivity index (χ2v) is 4.12. The first-order valence-corrected chi connectivity index (χ1v) is 6.02. The SMILES string of the molecule is Nc1cnc2ccccc2c1NCCCNC(=O)O. The van der Waals surface area contributed by atoms with Crippen LogP contribution in [0.25, 0.3) is 10.9 Å². The van der Waals surface area contributed by atoms with Crippen molar-refractivity contribution < 1.29 is 9.90 Å². The van der Waals surface area contributed by atoms with Gasteiger partial charge >= 0.3 is 6.09 Å². The lowest BCUT2D eigenvalue weighted by Gasteiger charge is -2.12. The summed E-state index contributed by atoms with van der Waals surface area (Å²) in [6.07, 6.45) is 1.30. The van der Waals surface area contributed by atoms with Gasteiger partial charge in [-0.05, 0) is 12.5 Å². The van der Waals surface area contributed by atoms with Crippen molar-refractivity contribution in [3.05, 3.63) is 30.5 Å². The molecule has 2 rings (SSSR count). The molecule has 1 aromatic heterocycles. The number of anilines is 2. The summed E-state index contributed by atoms with van der Waals surface area (Å²) in [4.78, 5) is 14.6. The Labute approximate surface area is 110 Å². The molecule has 0 aliphatic carbocycles. The Morgan fingerprint density at radius 2 is 2.11 bits per heavy atom. The number of benzene rings is 1. The summed E-state index contributed by atoms with van der Waals surface area (Å²) in [7, 11) is 0. The molecule has 0 saturated heterocycles. The number of carboxylic acid groups (broad SMARTS) is 1. The number of nitrogens with two attached hydrogens (primary N) is 1. The van der Waals surface area contributed by atoms with Crippen molar-refractivity contribution in [2.45, 2.75) is 6.42 Å². The van der Waals surface area contributed by atoms with E-state index in [4.69, 9.17) is 10.8 Å². The molecule has 0 unspecified atom stereocenters. The highest BCUT2D eigenvalue weighted by atomic mass is 16.4. The van der Waals surface area contributed by atoms with Crippen molar-refractivity contribution in [1.82, 2.24) is 10.3 Å². The highest BCUT2D eigenvalue weighted by Gasteiger charge is 2.05. The number of hydrogen-bond acceptors (Lipinski definition) is 4. The maximum atomic E-state index is 10.3. The maximum Gasteiger partial charge on any atom is 0.404 e. The lowest BCUT2D eigenvalue weighted by molar-refractivity contribution is 0.194. The zero-order valence-electron chi connectivity index (χ0n) is 10.4. The minimum Gasteiger partial charge on any atom is -0.465 e. The van der Waals surface area contributed by atoms with E-state index in [0.29, 0.717) is 25.2 Å². The van der Waals surface area contributed by atoms with Gasteiger partial charge in [0.15, 0.2) is 0 Å². The molecule has 100 valence electrons. The summed E-state index contributed by atoms with van der Waals surface area (Å²) in [5, 5.41) is 15.0. The average molecular weight is 260 g/mol. The summed E-state index contributed by atoms with van der Waals surface area (Å²) in [6, 6.07) is 7.73. The Bertz CT molecular complexity index is 586. The fraction of sp³-hybridized carbons (Fsp3) is 0.231. The third-order valence-corrected chi connectivity index (χ3v) is 2.74. The van der Waals surface area contributed by atoms with E-state index in [9.17, 15) is 4.79 Å². The van der Waals surface area contributed by atoms with Gasteiger partial charge in [0.1, 0.15) is 0 Å². The van der Waals surface area contributed by atoms with E-state index in [-0.39, 0.29) is 0 Å². The largest absolute Gasteiger partial charge is 0.465 e. The van der Waals surface area contributed by atoms with Gasteiger partial charge in [-0.2, -0.15) is 0 Å². The van der Waals surface area contributed by atoms with E-state index in [1.165, 1.54) is 0 Å². The number of aromatic nitrogens is 1. The van der Waals surface area contributed by atoms with Gasteiger partial charge in [0.25, 0.3) is 0 Å². The second-order valence-electron chi connectivity index (χ2n) is 4.12. The predicted molar refractivity (Wildman–Crippen MR) is 75.3 cm³/mol. The standard InChI is InChI=1S/C13H16N4O2/c14-10-8-17-11-5-2-1-4-9(11)12(10)15-6-3-7-16-13(18)19/h1-2,4-5,8,16H,3,6-7,14H2,(H,15,17)(H,18,19). The lowest BCUT2D eigenvalue weighted by atomic mass is 10.1. The third kappa shape index (κ3) is 3.25. The van der Waals surface area contributed by atoms with Gasteiger partial charge in [0.2, 0.25) is 0 Å². The van der Waals surface area contributed by atoms with Crippen LogP contribution in [0.1, 0.15) is 6.42 Å². The number of nitrogens with zero attached hydrogens (tertiary/aromatic N) is 1. The molecule has 0 fully saturated rings. The molecular weight excluding hydrogens is 244 g/mol. The van der Waals surface area contributed by atoms with Crippen LogP contribution in [-0.4, -0.2) is 29.3 Å².